The van der Waals surface area contributed by atoms with Crippen molar-refractivity contribution >= 4 is 28.1 Å². The molecule has 0 saturated carbocycles. The Balaban J connectivity index is 1.54. The Morgan fingerprint density at radius 2 is 1.80 bits per heavy atom. The molecule has 1 fully saturated rings. The summed E-state index contributed by atoms with van der Waals surface area (Å²) in [6.45, 7) is 5.15. The Hall–Kier alpha value is -3.07. The highest BCUT2D eigenvalue weighted by Gasteiger charge is 2.31. The van der Waals surface area contributed by atoms with Crippen LogP contribution >= 0.6 is 0 Å². The van der Waals surface area contributed by atoms with Gasteiger partial charge in [-0.05, 0) is 86.9 Å². The number of aromatic nitrogens is 2. The van der Waals surface area contributed by atoms with Crippen molar-refractivity contribution in [2.75, 3.05) is 29.6 Å². The van der Waals surface area contributed by atoms with Crippen molar-refractivity contribution in [3.05, 3.63) is 52.3 Å². The van der Waals surface area contributed by atoms with Gasteiger partial charge in [0, 0.05) is 36.0 Å². The standard InChI is InChI=1S/C26H30F3N5O/c1-14(16-10-17(26(27,28)29)12-18(30)11-16)31-25-22-13-23(34-19-6-8-35-9-7-19)20-4-3-5-21(20)24(22)32-15(2)33-25/h10-14,19,34H,3-9,30H2,1-2H3,(H,31,32,33)/t14-/m1/s1. The first-order chi connectivity index (χ1) is 16.7. The number of halogens is 3. The number of anilines is 3. The van der Waals surface area contributed by atoms with Crippen molar-refractivity contribution in [3.63, 3.8) is 0 Å². The van der Waals surface area contributed by atoms with Gasteiger partial charge in [0.15, 0.2) is 0 Å². The van der Waals surface area contributed by atoms with Crippen molar-refractivity contribution in [1.29, 1.82) is 0 Å². The molecule has 5 rings (SSSR count). The van der Waals surface area contributed by atoms with E-state index in [2.05, 4.69) is 21.7 Å². The average molecular weight is 486 g/mol. The second-order valence-corrected chi connectivity index (χ2v) is 9.53. The summed E-state index contributed by atoms with van der Waals surface area (Å²) in [5, 5.41) is 7.95. The first-order valence-corrected chi connectivity index (χ1v) is 12.1. The molecule has 1 aliphatic carbocycles. The van der Waals surface area contributed by atoms with Crippen LogP contribution in [-0.2, 0) is 23.8 Å². The number of hydrogen-bond donors (Lipinski definition) is 3. The molecule has 0 amide bonds. The van der Waals surface area contributed by atoms with Crippen molar-refractivity contribution in [2.24, 2.45) is 0 Å². The van der Waals surface area contributed by atoms with Gasteiger partial charge in [-0.25, -0.2) is 9.97 Å². The first-order valence-electron chi connectivity index (χ1n) is 12.1. The molecule has 9 heteroatoms. The maximum Gasteiger partial charge on any atom is 0.416 e. The topological polar surface area (TPSA) is 85.1 Å². The summed E-state index contributed by atoms with van der Waals surface area (Å²) < 4.78 is 45.6. The highest BCUT2D eigenvalue weighted by Crippen LogP contribution is 2.39. The molecule has 0 unspecified atom stereocenters. The Kier molecular flexibility index (Phi) is 6.21. The maximum atomic E-state index is 13.4. The number of rotatable bonds is 5. The molecule has 35 heavy (non-hydrogen) atoms. The number of fused-ring (bicyclic) bond motifs is 3. The first kappa shape index (κ1) is 23.7. The highest BCUT2D eigenvalue weighted by molar-refractivity contribution is 5.96. The molecule has 0 spiro atoms. The maximum absolute atomic E-state index is 13.4. The van der Waals surface area contributed by atoms with Gasteiger partial charge in [0.25, 0.3) is 0 Å². The summed E-state index contributed by atoms with van der Waals surface area (Å²) >= 11 is 0. The molecule has 2 aliphatic rings. The quantitative estimate of drug-likeness (QED) is 0.397. The van der Waals surface area contributed by atoms with E-state index in [1.807, 2.05) is 13.8 Å². The molecule has 3 aromatic rings. The second-order valence-electron chi connectivity index (χ2n) is 9.53. The van der Waals surface area contributed by atoms with Gasteiger partial charge in [-0.1, -0.05) is 0 Å². The molecule has 6 nitrogen and oxygen atoms in total. The van der Waals surface area contributed by atoms with E-state index in [-0.39, 0.29) is 5.69 Å². The van der Waals surface area contributed by atoms with Gasteiger partial charge in [0.2, 0.25) is 0 Å². The predicted octanol–water partition coefficient (Wildman–Crippen LogP) is 5.79. The molecule has 0 bridgehead atoms. The van der Waals surface area contributed by atoms with Crippen molar-refractivity contribution in [3.8, 4) is 0 Å². The van der Waals surface area contributed by atoms with E-state index < -0.39 is 17.8 Å². The van der Waals surface area contributed by atoms with Gasteiger partial charge in [-0.15, -0.1) is 0 Å². The van der Waals surface area contributed by atoms with Crippen LogP contribution < -0.4 is 16.4 Å². The summed E-state index contributed by atoms with van der Waals surface area (Å²) in [5.74, 6) is 1.23. The zero-order chi connectivity index (χ0) is 24.7. The van der Waals surface area contributed by atoms with Crippen molar-refractivity contribution in [1.82, 2.24) is 9.97 Å². The van der Waals surface area contributed by atoms with Crippen LogP contribution in [0, 0.1) is 6.92 Å². The monoisotopic (exact) mass is 485 g/mol. The fraction of sp³-hybridized carbons (Fsp3) is 0.462. The molecule has 2 heterocycles. The van der Waals surface area contributed by atoms with Gasteiger partial charge in [-0.3, -0.25) is 0 Å². The van der Waals surface area contributed by atoms with Crippen LogP contribution in [0.1, 0.15) is 60.3 Å². The minimum absolute atomic E-state index is 0.0768. The average Bonchev–Trinajstić information content (AvgIpc) is 3.30. The van der Waals surface area contributed by atoms with Crippen LogP contribution in [0.15, 0.2) is 24.3 Å². The minimum atomic E-state index is -4.46. The number of ether oxygens (including phenoxy) is 1. The largest absolute Gasteiger partial charge is 0.416 e. The Bertz CT molecular complexity index is 1250. The number of nitrogens with zero attached hydrogens (tertiary/aromatic N) is 2. The molecule has 4 N–H and O–H groups in total. The number of benzene rings is 2. The number of nitrogens with one attached hydrogen (secondary N) is 2. The fourth-order valence-corrected chi connectivity index (χ4v) is 5.16. The number of aryl methyl sites for hydroxylation is 2. The zero-order valence-electron chi connectivity index (χ0n) is 19.9. The third kappa shape index (κ3) is 4.87. The van der Waals surface area contributed by atoms with Crippen molar-refractivity contribution < 1.29 is 17.9 Å². The van der Waals surface area contributed by atoms with Crippen LogP contribution in [0.3, 0.4) is 0 Å². The lowest BCUT2D eigenvalue weighted by Gasteiger charge is -2.26. The fourth-order valence-electron chi connectivity index (χ4n) is 5.16. The summed E-state index contributed by atoms with van der Waals surface area (Å²) in [5.41, 5.74) is 10.1. The zero-order valence-corrected chi connectivity index (χ0v) is 19.9. The lowest BCUT2D eigenvalue weighted by Crippen LogP contribution is -2.28. The number of nitrogen functional groups attached to an aromatic ring is 1. The molecular formula is C26H30F3N5O. The van der Waals surface area contributed by atoms with Crippen LogP contribution in [-0.4, -0.2) is 29.2 Å². The van der Waals surface area contributed by atoms with E-state index in [1.165, 1.54) is 11.1 Å². The van der Waals surface area contributed by atoms with Crippen LogP contribution in [0.2, 0.25) is 0 Å². The Morgan fingerprint density at radius 1 is 1.06 bits per heavy atom. The minimum Gasteiger partial charge on any atom is -0.399 e. The SMILES string of the molecule is Cc1nc(N[C@H](C)c2cc(N)cc(C(F)(F)F)c2)c2cc(NC3CCOCC3)c3c(c2n1)CCC3. The van der Waals surface area contributed by atoms with Gasteiger partial charge in [0.05, 0.1) is 17.1 Å². The summed E-state index contributed by atoms with van der Waals surface area (Å²) in [6, 6.07) is 5.67. The van der Waals surface area contributed by atoms with Crippen LogP contribution in [0.4, 0.5) is 30.4 Å². The molecule has 1 aromatic heterocycles. The van der Waals surface area contributed by atoms with Crippen LogP contribution in [0.25, 0.3) is 10.9 Å². The third-order valence-electron chi connectivity index (χ3n) is 6.91. The summed E-state index contributed by atoms with van der Waals surface area (Å²) in [4.78, 5) is 9.42. The summed E-state index contributed by atoms with van der Waals surface area (Å²) in [6.07, 6.45) is 0.468. The van der Waals surface area contributed by atoms with E-state index in [4.69, 9.17) is 15.5 Å². The molecule has 1 aliphatic heterocycles. The normalized spacial score (nSPS) is 17.4. The summed E-state index contributed by atoms with van der Waals surface area (Å²) in [7, 11) is 0. The number of alkyl halides is 3. The van der Waals surface area contributed by atoms with E-state index in [0.29, 0.717) is 23.2 Å². The van der Waals surface area contributed by atoms with E-state index in [0.717, 1.165) is 74.0 Å². The lowest BCUT2D eigenvalue weighted by molar-refractivity contribution is -0.137. The van der Waals surface area contributed by atoms with E-state index in [1.54, 1.807) is 6.07 Å². The molecule has 1 saturated heterocycles. The van der Waals surface area contributed by atoms with Gasteiger partial charge in [-0.2, -0.15) is 13.2 Å². The Morgan fingerprint density at radius 3 is 2.54 bits per heavy atom. The third-order valence-corrected chi connectivity index (χ3v) is 6.91. The predicted molar refractivity (Wildman–Crippen MR) is 132 cm³/mol. The molecule has 0 radical (unpaired) electrons. The number of hydrogen-bond acceptors (Lipinski definition) is 6. The molecule has 2 aromatic carbocycles. The van der Waals surface area contributed by atoms with Gasteiger partial charge >= 0.3 is 6.18 Å². The van der Waals surface area contributed by atoms with Crippen LogP contribution in [0.5, 0.6) is 0 Å². The molecule has 186 valence electrons. The highest BCUT2D eigenvalue weighted by atomic mass is 19.4. The van der Waals surface area contributed by atoms with E-state index >= 15 is 0 Å². The smallest absolute Gasteiger partial charge is 0.399 e. The molecular weight excluding hydrogens is 455 g/mol. The second kappa shape index (κ2) is 9.18. The van der Waals surface area contributed by atoms with E-state index in [9.17, 15) is 13.2 Å². The van der Waals surface area contributed by atoms with Gasteiger partial charge in [0.1, 0.15) is 11.6 Å². The lowest BCUT2D eigenvalue weighted by atomic mass is 10.0. The van der Waals surface area contributed by atoms with Crippen molar-refractivity contribution in [2.45, 2.75) is 64.2 Å². The number of nitrogens with two attached hydrogens (primary N) is 1. The van der Waals surface area contributed by atoms with Gasteiger partial charge < -0.3 is 21.1 Å². The Labute approximate surface area is 202 Å². The molecule has 1 atom stereocenters.